The van der Waals surface area contributed by atoms with E-state index in [1.54, 1.807) is 35.5 Å². The van der Waals surface area contributed by atoms with E-state index in [2.05, 4.69) is 6.92 Å². The van der Waals surface area contributed by atoms with Gasteiger partial charge in [0.2, 0.25) is 0 Å². The van der Waals surface area contributed by atoms with Gasteiger partial charge in [0.25, 0.3) is 0 Å². The minimum Gasteiger partial charge on any atom is -0.496 e. The maximum Gasteiger partial charge on any atom is 0.142 e. The van der Waals surface area contributed by atoms with Crippen LogP contribution in [-0.2, 0) is 0 Å². The summed E-state index contributed by atoms with van der Waals surface area (Å²) in [5.74, 6) is 3.92. The fourth-order valence-electron chi connectivity index (χ4n) is 3.63. The van der Waals surface area contributed by atoms with Gasteiger partial charge in [-0.15, -0.1) is 0 Å². The third-order valence-electron chi connectivity index (χ3n) is 4.99. The highest BCUT2D eigenvalue weighted by molar-refractivity contribution is 6.18. The van der Waals surface area contributed by atoms with Gasteiger partial charge in [-0.3, -0.25) is 0 Å². The SMILES string of the molecule is CCCCOc1c2c(OC)ccc(OC)c2c(OC)c2c(OC)ccc(OC)c12. The van der Waals surface area contributed by atoms with E-state index in [0.717, 1.165) is 34.4 Å². The number of ether oxygens (including phenoxy) is 6. The second-order valence-corrected chi connectivity index (χ2v) is 6.50. The molecule has 156 valence electrons. The lowest BCUT2D eigenvalue weighted by Crippen LogP contribution is -2.03. The van der Waals surface area contributed by atoms with Crippen molar-refractivity contribution in [2.24, 2.45) is 0 Å². The highest BCUT2D eigenvalue weighted by Gasteiger charge is 2.26. The second-order valence-electron chi connectivity index (χ2n) is 6.50. The van der Waals surface area contributed by atoms with E-state index in [1.165, 1.54) is 0 Å². The maximum atomic E-state index is 6.33. The zero-order valence-corrected chi connectivity index (χ0v) is 17.9. The number of hydrogen-bond donors (Lipinski definition) is 0. The highest BCUT2D eigenvalue weighted by Crippen LogP contribution is 2.54. The van der Waals surface area contributed by atoms with Crippen LogP contribution in [0, 0.1) is 0 Å². The number of fused-ring (bicyclic) bond motifs is 2. The lowest BCUT2D eigenvalue weighted by atomic mass is 9.97. The first kappa shape index (κ1) is 20.7. The zero-order valence-electron chi connectivity index (χ0n) is 17.9. The fourth-order valence-corrected chi connectivity index (χ4v) is 3.63. The molecular weight excluding hydrogens is 372 g/mol. The summed E-state index contributed by atoms with van der Waals surface area (Å²) in [6.07, 6.45) is 1.94. The third-order valence-corrected chi connectivity index (χ3v) is 4.99. The van der Waals surface area contributed by atoms with Crippen molar-refractivity contribution in [2.45, 2.75) is 19.8 Å². The van der Waals surface area contributed by atoms with Crippen LogP contribution >= 0.6 is 0 Å². The average molecular weight is 400 g/mol. The van der Waals surface area contributed by atoms with Crippen LogP contribution in [0.3, 0.4) is 0 Å². The Morgan fingerprint density at radius 2 is 0.931 bits per heavy atom. The summed E-state index contributed by atoms with van der Waals surface area (Å²) in [6.45, 7) is 2.69. The van der Waals surface area contributed by atoms with Crippen molar-refractivity contribution >= 4 is 21.5 Å². The minimum absolute atomic E-state index is 0.563. The van der Waals surface area contributed by atoms with Gasteiger partial charge in [-0.05, 0) is 30.7 Å². The van der Waals surface area contributed by atoms with Gasteiger partial charge in [-0.2, -0.15) is 0 Å². The van der Waals surface area contributed by atoms with Crippen molar-refractivity contribution in [3.05, 3.63) is 24.3 Å². The van der Waals surface area contributed by atoms with Crippen LogP contribution in [0.5, 0.6) is 34.5 Å². The molecule has 0 atom stereocenters. The Hall–Kier alpha value is -3.02. The Morgan fingerprint density at radius 3 is 1.24 bits per heavy atom. The zero-order chi connectivity index (χ0) is 21.0. The molecule has 29 heavy (non-hydrogen) atoms. The lowest BCUT2D eigenvalue weighted by molar-refractivity contribution is 0.313. The molecule has 0 saturated carbocycles. The fraction of sp³-hybridized carbons (Fsp3) is 0.391. The molecule has 3 rings (SSSR count). The summed E-state index contributed by atoms with van der Waals surface area (Å²) in [6, 6.07) is 7.45. The number of hydrogen-bond acceptors (Lipinski definition) is 6. The first-order valence-electron chi connectivity index (χ1n) is 9.58. The molecule has 6 heteroatoms. The number of unbranched alkanes of at least 4 members (excludes halogenated alkanes) is 1. The van der Waals surface area contributed by atoms with E-state index in [0.29, 0.717) is 41.1 Å². The van der Waals surface area contributed by atoms with Crippen LogP contribution in [0.1, 0.15) is 19.8 Å². The van der Waals surface area contributed by atoms with Gasteiger partial charge < -0.3 is 28.4 Å². The summed E-state index contributed by atoms with van der Waals surface area (Å²) in [5.41, 5.74) is 0. The molecule has 0 heterocycles. The lowest BCUT2D eigenvalue weighted by Gasteiger charge is -2.22. The van der Waals surface area contributed by atoms with Crippen LogP contribution in [0.2, 0.25) is 0 Å². The summed E-state index contributed by atoms with van der Waals surface area (Å²) in [7, 11) is 8.16. The molecule has 0 saturated heterocycles. The summed E-state index contributed by atoms with van der Waals surface area (Å²) < 4.78 is 34.9. The number of rotatable bonds is 9. The average Bonchev–Trinajstić information content (AvgIpc) is 2.77. The van der Waals surface area contributed by atoms with E-state index < -0.39 is 0 Å². The van der Waals surface area contributed by atoms with Crippen LogP contribution in [0.15, 0.2) is 24.3 Å². The first-order chi connectivity index (χ1) is 14.2. The van der Waals surface area contributed by atoms with Gasteiger partial charge >= 0.3 is 0 Å². The predicted molar refractivity (Wildman–Crippen MR) is 115 cm³/mol. The number of benzene rings is 3. The van der Waals surface area contributed by atoms with Gasteiger partial charge in [-0.25, -0.2) is 0 Å². The van der Waals surface area contributed by atoms with E-state index >= 15 is 0 Å². The molecule has 0 aliphatic carbocycles. The molecule has 0 aromatic heterocycles. The standard InChI is InChI=1S/C23H28O6/c1-7-8-13-29-23-20-16(26-4)11-9-14(24-2)18(20)22(28-6)19-15(25-3)10-12-17(27-5)21(19)23/h9-12H,7-8,13H2,1-6H3. The van der Waals surface area contributed by atoms with E-state index in [1.807, 2.05) is 24.3 Å². The van der Waals surface area contributed by atoms with E-state index in [4.69, 9.17) is 28.4 Å². The van der Waals surface area contributed by atoms with Crippen molar-refractivity contribution in [2.75, 3.05) is 42.2 Å². The monoisotopic (exact) mass is 400 g/mol. The Balaban J connectivity index is 2.61. The van der Waals surface area contributed by atoms with Crippen LogP contribution in [-0.4, -0.2) is 42.2 Å². The van der Waals surface area contributed by atoms with E-state index in [-0.39, 0.29) is 0 Å². The van der Waals surface area contributed by atoms with E-state index in [9.17, 15) is 0 Å². The molecule has 6 nitrogen and oxygen atoms in total. The predicted octanol–water partition coefficient (Wildman–Crippen LogP) is 5.21. The van der Waals surface area contributed by atoms with Crippen LogP contribution < -0.4 is 28.4 Å². The summed E-state index contributed by atoms with van der Waals surface area (Å²) in [5, 5.41) is 3.08. The molecule has 0 N–H and O–H groups in total. The molecule has 0 aliphatic heterocycles. The van der Waals surface area contributed by atoms with Gasteiger partial charge in [0.1, 0.15) is 34.5 Å². The minimum atomic E-state index is 0.563. The molecule has 0 aliphatic rings. The second kappa shape index (κ2) is 8.99. The summed E-state index contributed by atoms with van der Waals surface area (Å²) >= 11 is 0. The highest BCUT2D eigenvalue weighted by atomic mass is 16.5. The molecule has 3 aromatic rings. The molecular formula is C23H28O6. The maximum absolute atomic E-state index is 6.33. The van der Waals surface area contributed by atoms with Crippen molar-refractivity contribution in [1.29, 1.82) is 0 Å². The Labute approximate surface area is 171 Å². The van der Waals surface area contributed by atoms with Crippen molar-refractivity contribution in [3.8, 4) is 34.5 Å². The van der Waals surface area contributed by atoms with Gasteiger partial charge in [0, 0.05) is 0 Å². The summed E-state index contributed by atoms with van der Waals surface area (Å²) in [4.78, 5) is 0. The molecule has 0 fully saturated rings. The van der Waals surface area contributed by atoms with Crippen LogP contribution in [0.25, 0.3) is 21.5 Å². The number of methoxy groups -OCH3 is 5. The smallest absolute Gasteiger partial charge is 0.142 e. The molecule has 0 spiro atoms. The molecule has 0 bridgehead atoms. The van der Waals surface area contributed by atoms with Gasteiger partial charge in [-0.1, -0.05) is 13.3 Å². The van der Waals surface area contributed by atoms with Gasteiger partial charge in [0.05, 0.1) is 63.7 Å². The van der Waals surface area contributed by atoms with Crippen LogP contribution in [0.4, 0.5) is 0 Å². The molecule has 0 radical (unpaired) electrons. The Morgan fingerprint density at radius 1 is 0.552 bits per heavy atom. The third kappa shape index (κ3) is 3.43. The molecule has 0 unspecified atom stereocenters. The first-order valence-corrected chi connectivity index (χ1v) is 9.58. The van der Waals surface area contributed by atoms with Crippen molar-refractivity contribution in [1.82, 2.24) is 0 Å². The molecule has 3 aromatic carbocycles. The van der Waals surface area contributed by atoms with Gasteiger partial charge in [0.15, 0.2) is 0 Å². The largest absolute Gasteiger partial charge is 0.496 e. The molecule has 0 amide bonds. The van der Waals surface area contributed by atoms with Crippen molar-refractivity contribution in [3.63, 3.8) is 0 Å². The normalized spacial score (nSPS) is 10.8. The Kier molecular flexibility index (Phi) is 6.42. The topological polar surface area (TPSA) is 55.4 Å². The Bertz CT molecular complexity index is 939. The van der Waals surface area contributed by atoms with Crippen molar-refractivity contribution < 1.29 is 28.4 Å². The quantitative estimate of drug-likeness (QED) is 0.363.